The Morgan fingerprint density at radius 1 is 1.44 bits per heavy atom. The lowest BCUT2D eigenvalue weighted by atomic mass is 9.96. The molecule has 2 unspecified atom stereocenters. The van der Waals surface area contributed by atoms with Gasteiger partial charge in [0.05, 0.1) is 16.8 Å². The third-order valence-corrected chi connectivity index (χ3v) is 4.04. The van der Waals surface area contributed by atoms with Crippen LogP contribution in [0.2, 0.25) is 0 Å². The Balaban J connectivity index is 2.78. The van der Waals surface area contributed by atoms with Gasteiger partial charge in [0, 0.05) is 10.8 Å². The molecule has 0 fully saturated rings. The highest BCUT2D eigenvalue weighted by atomic mass is 32.1. The van der Waals surface area contributed by atoms with E-state index in [-0.39, 0.29) is 5.41 Å². The zero-order valence-corrected chi connectivity index (χ0v) is 11.8. The minimum Gasteiger partial charge on any atom is -0.386 e. The van der Waals surface area contributed by atoms with E-state index in [0.29, 0.717) is 5.92 Å². The fourth-order valence-corrected chi connectivity index (χ4v) is 2.61. The Morgan fingerprint density at radius 2 is 2.06 bits per heavy atom. The van der Waals surface area contributed by atoms with Crippen LogP contribution in [0, 0.1) is 5.92 Å². The second-order valence-corrected chi connectivity index (χ2v) is 6.40. The van der Waals surface area contributed by atoms with Gasteiger partial charge >= 0.3 is 0 Å². The van der Waals surface area contributed by atoms with Crippen LogP contribution in [0.25, 0.3) is 0 Å². The predicted octanol–water partition coefficient (Wildman–Crippen LogP) is 3.91. The maximum absolute atomic E-state index is 10.1. The quantitative estimate of drug-likeness (QED) is 0.867. The second kappa shape index (κ2) is 5.28. The summed E-state index contributed by atoms with van der Waals surface area (Å²) >= 11 is 1.65. The van der Waals surface area contributed by atoms with Crippen molar-refractivity contribution in [2.75, 3.05) is 0 Å². The standard InChI is InChI=1S/C13H23NOS/c1-6-7-9(2)11(15)10-8-16-12(14-10)13(3,4)5/h8-9,11,15H,6-7H2,1-5H3. The van der Waals surface area contributed by atoms with Crippen LogP contribution in [0.4, 0.5) is 0 Å². The average Bonchev–Trinajstić information content (AvgIpc) is 2.65. The lowest BCUT2D eigenvalue weighted by molar-refractivity contribution is 0.108. The Bertz CT molecular complexity index is 327. The largest absolute Gasteiger partial charge is 0.386 e. The van der Waals surface area contributed by atoms with Crippen LogP contribution in [0.1, 0.15) is 64.3 Å². The molecule has 1 N–H and O–H groups in total. The van der Waals surface area contributed by atoms with Gasteiger partial charge in [-0.2, -0.15) is 0 Å². The van der Waals surface area contributed by atoms with E-state index < -0.39 is 6.10 Å². The molecule has 1 rings (SSSR count). The van der Waals surface area contributed by atoms with Gasteiger partial charge in [0.15, 0.2) is 0 Å². The van der Waals surface area contributed by atoms with E-state index >= 15 is 0 Å². The second-order valence-electron chi connectivity index (χ2n) is 5.54. The zero-order valence-electron chi connectivity index (χ0n) is 10.9. The molecule has 0 saturated heterocycles. The molecule has 0 aliphatic rings. The lowest BCUT2D eigenvalue weighted by Gasteiger charge is -2.17. The third-order valence-electron chi connectivity index (χ3n) is 2.75. The summed E-state index contributed by atoms with van der Waals surface area (Å²) < 4.78 is 0. The molecule has 92 valence electrons. The van der Waals surface area contributed by atoms with Crippen molar-refractivity contribution in [2.45, 2.75) is 59.0 Å². The van der Waals surface area contributed by atoms with E-state index in [2.05, 4.69) is 39.6 Å². The van der Waals surface area contributed by atoms with Gasteiger partial charge in [-0.05, 0) is 12.3 Å². The maximum Gasteiger partial charge on any atom is 0.0993 e. The molecule has 2 atom stereocenters. The molecule has 0 saturated carbocycles. The number of aliphatic hydroxyl groups excluding tert-OH is 1. The molecule has 2 nitrogen and oxygen atoms in total. The first-order valence-corrected chi connectivity index (χ1v) is 6.88. The van der Waals surface area contributed by atoms with Crippen molar-refractivity contribution in [3.05, 3.63) is 16.1 Å². The molecule has 1 aromatic rings. The SMILES string of the molecule is CCCC(C)C(O)c1csc(C(C)(C)C)n1. The molecule has 0 bridgehead atoms. The summed E-state index contributed by atoms with van der Waals surface area (Å²) in [5.74, 6) is 0.292. The monoisotopic (exact) mass is 241 g/mol. The third kappa shape index (κ3) is 3.29. The molecular formula is C13H23NOS. The molecule has 0 aliphatic carbocycles. The van der Waals surface area contributed by atoms with Crippen LogP contribution in [0.5, 0.6) is 0 Å². The number of thiazole rings is 1. The number of hydrogen-bond acceptors (Lipinski definition) is 3. The van der Waals surface area contributed by atoms with Gasteiger partial charge < -0.3 is 5.11 Å². The van der Waals surface area contributed by atoms with Gasteiger partial charge in [-0.3, -0.25) is 0 Å². The van der Waals surface area contributed by atoms with Crippen molar-refractivity contribution < 1.29 is 5.11 Å². The average molecular weight is 241 g/mol. The van der Waals surface area contributed by atoms with Crippen molar-refractivity contribution in [3.63, 3.8) is 0 Å². The minimum absolute atomic E-state index is 0.0800. The summed E-state index contributed by atoms with van der Waals surface area (Å²) in [4.78, 5) is 4.55. The molecule has 0 radical (unpaired) electrons. The maximum atomic E-state index is 10.1. The molecule has 1 heterocycles. The minimum atomic E-state index is -0.410. The number of rotatable bonds is 4. The van der Waals surface area contributed by atoms with Crippen LogP contribution in [0.15, 0.2) is 5.38 Å². The number of hydrogen-bond donors (Lipinski definition) is 1. The Kier molecular flexibility index (Phi) is 4.51. The zero-order chi connectivity index (χ0) is 12.3. The summed E-state index contributed by atoms with van der Waals surface area (Å²) in [6.45, 7) is 10.7. The van der Waals surface area contributed by atoms with Crippen LogP contribution in [0.3, 0.4) is 0 Å². The highest BCUT2D eigenvalue weighted by Gasteiger charge is 2.22. The Morgan fingerprint density at radius 3 is 2.50 bits per heavy atom. The van der Waals surface area contributed by atoms with Crippen LogP contribution >= 0.6 is 11.3 Å². The highest BCUT2D eigenvalue weighted by Crippen LogP contribution is 2.31. The van der Waals surface area contributed by atoms with Crippen molar-refractivity contribution in [3.8, 4) is 0 Å². The Hall–Kier alpha value is -0.410. The molecule has 0 amide bonds. The molecule has 0 spiro atoms. The topological polar surface area (TPSA) is 33.1 Å². The molecule has 3 heteroatoms. The van der Waals surface area contributed by atoms with E-state index in [1.165, 1.54) is 0 Å². The number of aromatic nitrogens is 1. The Labute approximate surface area is 103 Å². The van der Waals surface area contributed by atoms with Crippen LogP contribution in [-0.4, -0.2) is 10.1 Å². The van der Waals surface area contributed by atoms with E-state index in [0.717, 1.165) is 23.5 Å². The first kappa shape index (κ1) is 13.7. The summed E-state index contributed by atoms with van der Waals surface area (Å²) in [6, 6.07) is 0. The van der Waals surface area contributed by atoms with Crippen molar-refractivity contribution >= 4 is 11.3 Å². The normalized spacial score (nSPS) is 16.1. The highest BCUT2D eigenvalue weighted by molar-refractivity contribution is 7.09. The lowest BCUT2D eigenvalue weighted by Crippen LogP contribution is -2.13. The number of aliphatic hydroxyl groups is 1. The van der Waals surface area contributed by atoms with Crippen LogP contribution < -0.4 is 0 Å². The van der Waals surface area contributed by atoms with Crippen LogP contribution in [-0.2, 0) is 5.41 Å². The fourth-order valence-electron chi connectivity index (χ4n) is 1.67. The van der Waals surface area contributed by atoms with Crippen molar-refractivity contribution in [1.29, 1.82) is 0 Å². The van der Waals surface area contributed by atoms with Gasteiger partial charge in [-0.25, -0.2) is 4.98 Å². The van der Waals surface area contributed by atoms with Gasteiger partial charge in [0.2, 0.25) is 0 Å². The summed E-state index contributed by atoms with van der Waals surface area (Å²) in [5, 5.41) is 13.2. The fraction of sp³-hybridized carbons (Fsp3) is 0.769. The molecule has 0 aliphatic heterocycles. The summed E-state index contributed by atoms with van der Waals surface area (Å²) in [7, 11) is 0. The van der Waals surface area contributed by atoms with Gasteiger partial charge in [0.25, 0.3) is 0 Å². The van der Waals surface area contributed by atoms with E-state index in [1.54, 1.807) is 11.3 Å². The van der Waals surface area contributed by atoms with Crippen molar-refractivity contribution in [1.82, 2.24) is 4.98 Å². The van der Waals surface area contributed by atoms with Gasteiger partial charge in [-0.15, -0.1) is 11.3 Å². The van der Waals surface area contributed by atoms with E-state index in [1.807, 2.05) is 5.38 Å². The summed E-state index contributed by atoms with van der Waals surface area (Å²) in [5.41, 5.74) is 0.923. The van der Waals surface area contributed by atoms with E-state index in [9.17, 15) is 5.11 Å². The predicted molar refractivity (Wildman–Crippen MR) is 69.8 cm³/mol. The molecule has 1 aromatic heterocycles. The summed E-state index contributed by atoms with van der Waals surface area (Å²) in [6.07, 6.45) is 1.74. The van der Waals surface area contributed by atoms with Crippen molar-refractivity contribution in [2.24, 2.45) is 5.92 Å². The van der Waals surface area contributed by atoms with Gasteiger partial charge in [-0.1, -0.05) is 41.0 Å². The first-order chi connectivity index (χ1) is 7.36. The smallest absolute Gasteiger partial charge is 0.0993 e. The number of nitrogens with zero attached hydrogens (tertiary/aromatic N) is 1. The molecule has 16 heavy (non-hydrogen) atoms. The molecule has 0 aromatic carbocycles. The van der Waals surface area contributed by atoms with E-state index in [4.69, 9.17) is 0 Å². The molecular weight excluding hydrogens is 218 g/mol. The first-order valence-electron chi connectivity index (χ1n) is 6.00. The van der Waals surface area contributed by atoms with Gasteiger partial charge in [0.1, 0.15) is 0 Å².